The number of hydrogen-bond donors (Lipinski definition) is 3. The lowest BCUT2D eigenvalue weighted by Crippen LogP contribution is -2.35. The molecule has 0 aromatic heterocycles. The van der Waals surface area contributed by atoms with Crippen molar-refractivity contribution in [2.75, 3.05) is 33.0 Å². The summed E-state index contributed by atoms with van der Waals surface area (Å²) in [6, 6.07) is 4.67. The monoisotopic (exact) mass is 537 g/mol. The summed E-state index contributed by atoms with van der Waals surface area (Å²) >= 11 is -1.76. The lowest BCUT2D eigenvalue weighted by molar-refractivity contribution is 0.112. The third-order valence-corrected chi connectivity index (χ3v) is 4.53. The zero-order chi connectivity index (χ0) is 28.8. The molecule has 3 rings (SSSR count). The van der Waals surface area contributed by atoms with Crippen molar-refractivity contribution >= 4 is 34.8 Å². The van der Waals surface area contributed by atoms with Gasteiger partial charge in [0.05, 0.1) is 24.1 Å². The first-order chi connectivity index (χ1) is 17.7. The van der Waals surface area contributed by atoms with E-state index in [1.54, 1.807) is 18.4 Å². The first kappa shape index (κ1) is 36.2. The minimum atomic E-state index is -1.76. The Morgan fingerprint density at radius 1 is 1.08 bits per heavy atom. The van der Waals surface area contributed by atoms with Gasteiger partial charge in [-0.05, 0) is 51.8 Å². The van der Waals surface area contributed by atoms with E-state index in [9.17, 15) is 14.1 Å². The highest BCUT2D eigenvalue weighted by Crippen LogP contribution is 2.26. The largest absolute Gasteiger partial charge is 0.505 e. The van der Waals surface area contributed by atoms with Crippen LogP contribution < -0.4 is 10.6 Å². The summed E-state index contributed by atoms with van der Waals surface area (Å²) in [6.07, 6.45) is 8.39. The number of nitrogens with one attached hydrogen (secondary N) is 2. The van der Waals surface area contributed by atoms with E-state index in [1.165, 1.54) is 12.5 Å². The van der Waals surface area contributed by atoms with Crippen LogP contribution in [0.5, 0.6) is 5.75 Å². The van der Waals surface area contributed by atoms with Crippen LogP contribution >= 0.6 is 0 Å². The number of amidine groups is 2. The molecule has 2 aliphatic rings. The molecule has 37 heavy (non-hydrogen) atoms. The molecule has 0 amide bonds. The van der Waals surface area contributed by atoms with Crippen molar-refractivity contribution < 1.29 is 18.8 Å². The second-order valence-electron chi connectivity index (χ2n) is 7.65. The molecule has 0 spiro atoms. The van der Waals surface area contributed by atoms with E-state index in [0.29, 0.717) is 18.7 Å². The molecule has 0 saturated heterocycles. The molecule has 3 N–H and O–H groups in total. The number of aldehydes is 1. The summed E-state index contributed by atoms with van der Waals surface area (Å²) in [5, 5.41) is 16.0. The number of para-hydroxylation sites is 1. The van der Waals surface area contributed by atoms with Gasteiger partial charge in [-0.3, -0.25) is 4.79 Å². The summed E-state index contributed by atoms with van der Waals surface area (Å²) < 4.78 is 25.0. The number of carbonyl (C=O) groups is 1. The first-order valence-electron chi connectivity index (χ1n) is 12.8. The van der Waals surface area contributed by atoms with Crippen LogP contribution in [0.4, 0.5) is 5.69 Å². The number of carbonyl (C=O) groups excluding carboxylic acids is 1. The molecule has 0 fully saturated rings. The predicted molar refractivity (Wildman–Crippen MR) is 158 cm³/mol. The second kappa shape index (κ2) is 22.2. The number of rotatable bonds is 5. The van der Waals surface area contributed by atoms with Gasteiger partial charge in [-0.2, -0.15) is 0 Å². The Morgan fingerprint density at radius 2 is 1.65 bits per heavy atom. The molecule has 2 aliphatic heterocycles. The maximum Gasteiger partial charge on any atom is 0.269 e. The molecule has 0 aliphatic carbocycles. The van der Waals surface area contributed by atoms with Crippen LogP contribution in [-0.2, 0) is 15.9 Å². The van der Waals surface area contributed by atoms with E-state index >= 15 is 0 Å². The highest BCUT2D eigenvalue weighted by molar-refractivity contribution is 7.83. The molecule has 2 heterocycles. The highest BCUT2D eigenvalue weighted by atomic mass is 32.2. The Hall–Kier alpha value is -2.98. The van der Waals surface area contributed by atoms with Crippen LogP contribution in [0.25, 0.3) is 0 Å². The topological polar surface area (TPSA) is 116 Å². The molecule has 0 saturated carbocycles. The van der Waals surface area contributed by atoms with E-state index < -0.39 is 11.2 Å². The molecule has 1 aromatic rings. The number of phenolic OH excluding ortho intramolecular Hbond substituents is 1. The van der Waals surface area contributed by atoms with Gasteiger partial charge in [0.2, 0.25) is 0 Å². The van der Waals surface area contributed by atoms with Gasteiger partial charge >= 0.3 is 0 Å². The van der Waals surface area contributed by atoms with Crippen LogP contribution in [0.1, 0.15) is 71.7 Å². The first-order valence-corrected chi connectivity index (χ1v) is 13.8. The normalized spacial score (nSPS) is 16.8. The van der Waals surface area contributed by atoms with Crippen LogP contribution in [0.15, 0.2) is 51.2 Å². The van der Waals surface area contributed by atoms with Crippen LogP contribution in [-0.4, -0.2) is 59.9 Å². The van der Waals surface area contributed by atoms with E-state index in [-0.39, 0.29) is 28.7 Å². The number of nitrogens with zero attached hydrogens (tertiary/aromatic N) is 3. The molecule has 10 heteroatoms. The van der Waals surface area contributed by atoms with Crippen molar-refractivity contribution in [3.63, 3.8) is 0 Å². The lowest BCUT2D eigenvalue weighted by Gasteiger charge is -2.16. The average molecular weight is 538 g/mol. The highest BCUT2D eigenvalue weighted by Gasteiger charge is 2.21. The maximum atomic E-state index is 11.7. The summed E-state index contributed by atoms with van der Waals surface area (Å²) in [7, 11) is 6.00. The fourth-order valence-electron chi connectivity index (χ4n) is 2.43. The fraction of sp³-hybridized carbons (Fsp3) is 0.519. The molecule has 210 valence electrons. The minimum absolute atomic E-state index is 0.138. The fourth-order valence-corrected chi connectivity index (χ4v) is 3.07. The van der Waals surface area contributed by atoms with Gasteiger partial charge in [-0.1, -0.05) is 61.0 Å². The standard InChI is InChI=1S/C17H18N4O4S.C3H9N.C3H8.2C2H6/c1-2-11-6-7-25-13(8-11)9-18-16-17(21-26(24)20-16)19-14-5-3-4-12(10-22)15(14)23;1-4(2)3;1-3-2;2*1-2/h3-8,10-11,23H,2,9H2,1H3,(H,18,20)(H,19,21);1-3H3;3H2,1-2H3;2*1-2H3. The number of ether oxygens (including phenoxy) is 1. The molecule has 2 atom stereocenters. The Morgan fingerprint density at radius 3 is 2.19 bits per heavy atom. The SMILES string of the molecule is CC.CC.CCC.CCC1C=COC(CNC2=NS(=O)N=C2Nc2cccc(C=O)c2O)=C1.CN(C)C. The number of anilines is 1. The van der Waals surface area contributed by atoms with Gasteiger partial charge in [0.15, 0.2) is 18.0 Å². The van der Waals surface area contributed by atoms with E-state index in [0.717, 1.165) is 12.2 Å². The third kappa shape index (κ3) is 15.0. The molecule has 2 unspecified atom stereocenters. The Bertz CT molecular complexity index is 925. The number of phenols is 1. The van der Waals surface area contributed by atoms with Crippen molar-refractivity contribution in [1.82, 2.24) is 10.2 Å². The van der Waals surface area contributed by atoms with Crippen molar-refractivity contribution in [2.45, 2.75) is 61.3 Å². The molecular formula is C27H47N5O4S. The Labute approximate surface area is 226 Å². The van der Waals surface area contributed by atoms with Crippen molar-refractivity contribution in [1.29, 1.82) is 0 Å². The van der Waals surface area contributed by atoms with Gasteiger partial charge in [0.1, 0.15) is 11.5 Å². The van der Waals surface area contributed by atoms with Gasteiger partial charge < -0.3 is 25.4 Å². The number of allylic oxidation sites excluding steroid dienone is 2. The van der Waals surface area contributed by atoms with Gasteiger partial charge in [0, 0.05) is 5.92 Å². The molecule has 0 bridgehead atoms. The lowest BCUT2D eigenvalue weighted by atomic mass is 10.0. The zero-order valence-corrected chi connectivity index (χ0v) is 25.0. The third-order valence-electron chi connectivity index (χ3n) is 3.86. The van der Waals surface area contributed by atoms with Gasteiger partial charge in [-0.25, -0.2) is 4.21 Å². The van der Waals surface area contributed by atoms with Crippen molar-refractivity contribution in [3.05, 3.63) is 47.9 Å². The van der Waals surface area contributed by atoms with E-state index in [2.05, 4.69) is 40.2 Å². The second-order valence-corrected chi connectivity index (χ2v) is 8.48. The quantitative estimate of drug-likeness (QED) is 0.326. The number of aromatic hydroxyl groups is 1. The summed E-state index contributed by atoms with van der Waals surface area (Å²) in [5.41, 5.74) is 0.406. The van der Waals surface area contributed by atoms with Gasteiger partial charge in [-0.15, -0.1) is 8.80 Å². The minimum Gasteiger partial charge on any atom is -0.505 e. The van der Waals surface area contributed by atoms with E-state index in [1.807, 2.05) is 65.9 Å². The average Bonchev–Trinajstić information content (AvgIpc) is 3.25. The Kier molecular flexibility index (Phi) is 21.7. The summed E-state index contributed by atoms with van der Waals surface area (Å²) in [4.78, 5) is 12.9. The number of benzene rings is 1. The zero-order valence-electron chi connectivity index (χ0n) is 24.2. The molecule has 1 aromatic carbocycles. The summed E-state index contributed by atoms with van der Waals surface area (Å²) in [5.74, 6) is 1.32. The maximum absolute atomic E-state index is 11.7. The van der Waals surface area contributed by atoms with Crippen molar-refractivity contribution in [2.24, 2.45) is 14.7 Å². The summed E-state index contributed by atoms with van der Waals surface area (Å²) in [6.45, 7) is 14.7. The van der Waals surface area contributed by atoms with Crippen LogP contribution in [0.3, 0.4) is 0 Å². The number of hydrogen-bond acceptors (Lipinski definition) is 7. The van der Waals surface area contributed by atoms with Crippen LogP contribution in [0, 0.1) is 5.92 Å². The van der Waals surface area contributed by atoms with Gasteiger partial charge in [0.25, 0.3) is 11.2 Å². The van der Waals surface area contributed by atoms with Crippen molar-refractivity contribution in [3.8, 4) is 5.75 Å². The van der Waals surface area contributed by atoms with Crippen LogP contribution in [0.2, 0.25) is 0 Å². The Balaban J connectivity index is 0. The predicted octanol–water partition coefficient (Wildman–Crippen LogP) is 5.70. The molecular weight excluding hydrogens is 490 g/mol. The van der Waals surface area contributed by atoms with E-state index in [4.69, 9.17) is 4.74 Å². The smallest absolute Gasteiger partial charge is 0.269 e. The molecule has 9 nitrogen and oxygen atoms in total. The molecule has 0 radical (unpaired) electrons.